The van der Waals surface area contributed by atoms with Crippen LogP contribution in [0.3, 0.4) is 0 Å². The highest BCUT2D eigenvalue weighted by Gasteiger charge is 2.28. The maximum atomic E-state index is 12.9. The molecule has 0 unspecified atom stereocenters. The maximum Gasteiger partial charge on any atom is 0.243 e. The topological polar surface area (TPSA) is 83.5 Å². The molecule has 2 aromatic carbocycles. The standard InChI is InChI=1S/C22H28N2O4S2/c25-29(26,23-22-11-7-9-18-8-3-4-10-21(18)22)19-12-14-20(15-13-19)30(27,28)24-16-5-1-2-6-17-24/h3-4,8,10,12-15,22-23H,1-2,5-7,9,11,16-17H2/t22-/m0/s1. The Bertz CT molecular complexity index is 1090. The Kier molecular flexibility index (Phi) is 6.29. The van der Waals surface area contributed by atoms with Crippen LogP contribution in [0.15, 0.2) is 58.3 Å². The van der Waals surface area contributed by atoms with Gasteiger partial charge in [-0.05, 0) is 67.5 Å². The van der Waals surface area contributed by atoms with Crippen molar-refractivity contribution < 1.29 is 16.8 Å². The second kappa shape index (κ2) is 8.78. The van der Waals surface area contributed by atoms with Crippen molar-refractivity contribution in [3.8, 4) is 0 Å². The molecule has 1 aliphatic heterocycles. The molecule has 0 amide bonds. The average Bonchev–Trinajstić information content (AvgIpc) is 3.04. The number of fused-ring (bicyclic) bond motifs is 1. The van der Waals surface area contributed by atoms with E-state index >= 15 is 0 Å². The quantitative estimate of drug-likeness (QED) is 0.757. The minimum Gasteiger partial charge on any atom is -0.207 e. The van der Waals surface area contributed by atoms with Crippen LogP contribution >= 0.6 is 0 Å². The highest BCUT2D eigenvalue weighted by molar-refractivity contribution is 7.89. The Morgan fingerprint density at radius 2 is 1.40 bits per heavy atom. The van der Waals surface area contributed by atoms with Gasteiger partial charge in [0.1, 0.15) is 0 Å². The van der Waals surface area contributed by atoms with Crippen molar-refractivity contribution in [2.45, 2.75) is 60.8 Å². The van der Waals surface area contributed by atoms with Crippen LogP contribution in [-0.2, 0) is 26.5 Å². The van der Waals surface area contributed by atoms with Gasteiger partial charge in [0.05, 0.1) is 9.79 Å². The molecule has 0 bridgehead atoms. The van der Waals surface area contributed by atoms with Crippen LogP contribution in [0.1, 0.15) is 55.7 Å². The molecule has 1 atom stereocenters. The number of hydrogen-bond donors (Lipinski definition) is 1. The third-order valence-electron chi connectivity index (χ3n) is 6.00. The van der Waals surface area contributed by atoms with Gasteiger partial charge in [-0.2, -0.15) is 4.31 Å². The van der Waals surface area contributed by atoms with Gasteiger partial charge in [0, 0.05) is 19.1 Å². The fourth-order valence-corrected chi connectivity index (χ4v) is 7.12. The van der Waals surface area contributed by atoms with E-state index in [1.54, 1.807) is 0 Å². The monoisotopic (exact) mass is 448 g/mol. The van der Waals surface area contributed by atoms with Gasteiger partial charge in [0.15, 0.2) is 0 Å². The van der Waals surface area contributed by atoms with Crippen molar-refractivity contribution in [1.29, 1.82) is 0 Å². The van der Waals surface area contributed by atoms with Crippen LogP contribution in [0.25, 0.3) is 0 Å². The number of nitrogens with zero attached hydrogens (tertiary/aromatic N) is 1. The lowest BCUT2D eigenvalue weighted by Gasteiger charge is -2.26. The molecule has 0 aromatic heterocycles. The Balaban J connectivity index is 1.53. The first-order valence-electron chi connectivity index (χ1n) is 10.6. The lowest BCUT2D eigenvalue weighted by Crippen LogP contribution is -2.32. The van der Waals surface area contributed by atoms with Gasteiger partial charge in [0.25, 0.3) is 0 Å². The van der Waals surface area contributed by atoms with Crippen molar-refractivity contribution in [3.05, 3.63) is 59.7 Å². The highest BCUT2D eigenvalue weighted by atomic mass is 32.2. The van der Waals surface area contributed by atoms with Gasteiger partial charge in [-0.25, -0.2) is 21.6 Å². The van der Waals surface area contributed by atoms with Crippen molar-refractivity contribution in [2.75, 3.05) is 13.1 Å². The van der Waals surface area contributed by atoms with Crippen LogP contribution in [0, 0.1) is 0 Å². The summed E-state index contributed by atoms with van der Waals surface area (Å²) in [6.07, 6.45) is 6.43. The van der Waals surface area contributed by atoms with Gasteiger partial charge in [-0.1, -0.05) is 37.1 Å². The second-order valence-electron chi connectivity index (χ2n) is 8.05. The van der Waals surface area contributed by atoms with Crippen molar-refractivity contribution in [1.82, 2.24) is 9.03 Å². The van der Waals surface area contributed by atoms with Crippen molar-refractivity contribution >= 4 is 20.0 Å². The molecule has 1 N–H and O–H groups in total. The van der Waals surface area contributed by atoms with E-state index in [2.05, 4.69) is 4.72 Å². The first-order valence-corrected chi connectivity index (χ1v) is 13.5. The first-order chi connectivity index (χ1) is 14.4. The maximum absolute atomic E-state index is 12.9. The summed E-state index contributed by atoms with van der Waals surface area (Å²) >= 11 is 0. The highest BCUT2D eigenvalue weighted by Crippen LogP contribution is 2.31. The van der Waals surface area contributed by atoms with E-state index in [0.29, 0.717) is 13.1 Å². The Hall–Kier alpha value is -1.74. The molecular weight excluding hydrogens is 420 g/mol. The summed E-state index contributed by atoms with van der Waals surface area (Å²) in [6.45, 7) is 1.04. The molecule has 1 saturated heterocycles. The molecular formula is C22H28N2O4S2. The zero-order chi connectivity index (χ0) is 21.2. The number of nitrogens with one attached hydrogen (secondary N) is 1. The molecule has 2 aromatic rings. The summed E-state index contributed by atoms with van der Waals surface area (Å²) < 4.78 is 56.1. The number of sulfonamides is 2. The Morgan fingerprint density at radius 3 is 2.10 bits per heavy atom. The number of hydrogen-bond acceptors (Lipinski definition) is 4. The lowest BCUT2D eigenvalue weighted by atomic mass is 9.88. The fourth-order valence-electron chi connectivity index (χ4n) is 4.35. The van der Waals surface area contributed by atoms with Crippen molar-refractivity contribution in [3.63, 3.8) is 0 Å². The number of aryl methyl sites for hydroxylation is 1. The first kappa shape index (κ1) is 21.5. The van der Waals surface area contributed by atoms with Gasteiger partial charge in [-0.15, -0.1) is 0 Å². The summed E-state index contributed by atoms with van der Waals surface area (Å²) in [5.74, 6) is 0. The minimum atomic E-state index is -3.75. The van der Waals surface area contributed by atoms with E-state index < -0.39 is 20.0 Å². The van der Waals surface area contributed by atoms with E-state index in [4.69, 9.17) is 0 Å². The van der Waals surface area contributed by atoms with E-state index in [0.717, 1.165) is 50.5 Å². The summed E-state index contributed by atoms with van der Waals surface area (Å²) in [6, 6.07) is 13.2. The molecule has 162 valence electrons. The van der Waals surface area contributed by atoms with E-state index in [1.165, 1.54) is 34.1 Å². The molecule has 0 spiro atoms. The predicted molar refractivity (Wildman–Crippen MR) is 116 cm³/mol. The van der Waals surface area contributed by atoms with Gasteiger partial charge in [0.2, 0.25) is 20.0 Å². The Labute approximate surface area is 179 Å². The summed E-state index contributed by atoms with van der Waals surface area (Å²) in [4.78, 5) is 0.228. The molecule has 2 aliphatic rings. The third kappa shape index (κ3) is 4.46. The van der Waals surface area contributed by atoms with E-state index in [1.807, 2.05) is 24.3 Å². The molecule has 1 heterocycles. The largest absolute Gasteiger partial charge is 0.243 e. The van der Waals surface area contributed by atoms with Crippen LogP contribution in [-0.4, -0.2) is 34.2 Å². The minimum absolute atomic E-state index is 0.0837. The lowest BCUT2D eigenvalue weighted by molar-refractivity contribution is 0.423. The number of rotatable bonds is 5. The molecule has 0 saturated carbocycles. The van der Waals surface area contributed by atoms with Crippen molar-refractivity contribution in [2.24, 2.45) is 0 Å². The fraction of sp³-hybridized carbons (Fsp3) is 0.455. The summed E-state index contributed by atoms with van der Waals surface area (Å²) in [7, 11) is -7.35. The van der Waals surface area contributed by atoms with Crippen LogP contribution in [0.4, 0.5) is 0 Å². The molecule has 30 heavy (non-hydrogen) atoms. The number of benzene rings is 2. The van der Waals surface area contributed by atoms with E-state index in [-0.39, 0.29) is 15.8 Å². The zero-order valence-electron chi connectivity index (χ0n) is 17.0. The molecule has 1 fully saturated rings. The third-order valence-corrected chi connectivity index (χ3v) is 9.40. The smallest absolute Gasteiger partial charge is 0.207 e. The van der Waals surface area contributed by atoms with Crippen LogP contribution in [0.5, 0.6) is 0 Å². The molecule has 1 aliphatic carbocycles. The summed E-state index contributed by atoms with van der Waals surface area (Å²) in [5.41, 5.74) is 2.20. The molecule has 6 nitrogen and oxygen atoms in total. The van der Waals surface area contributed by atoms with Gasteiger partial charge < -0.3 is 0 Å². The molecule has 4 rings (SSSR count). The zero-order valence-corrected chi connectivity index (χ0v) is 18.6. The van der Waals surface area contributed by atoms with Gasteiger partial charge in [-0.3, -0.25) is 0 Å². The summed E-state index contributed by atoms with van der Waals surface area (Å²) in [5, 5.41) is 0. The normalized spacial score (nSPS) is 21.0. The van der Waals surface area contributed by atoms with E-state index in [9.17, 15) is 16.8 Å². The molecule has 8 heteroatoms. The molecule has 0 radical (unpaired) electrons. The van der Waals surface area contributed by atoms with Crippen LogP contribution < -0.4 is 4.72 Å². The van der Waals surface area contributed by atoms with Gasteiger partial charge >= 0.3 is 0 Å². The predicted octanol–water partition coefficient (Wildman–Crippen LogP) is 3.61. The average molecular weight is 449 g/mol. The SMILES string of the molecule is O=S(=O)(N[C@H]1CCCc2ccccc21)c1ccc(S(=O)(=O)N2CCCCCC2)cc1. The Morgan fingerprint density at radius 1 is 0.767 bits per heavy atom. The second-order valence-corrected chi connectivity index (χ2v) is 11.7. The van der Waals surface area contributed by atoms with Crippen LogP contribution in [0.2, 0.25) is 0 Å².